The predicted molar refractivity (Wildman–Crippen MR) is 113 cm³/mol. The molecule has 0 fully saturated rings. The van der Waals surface area contributed by atoms with Gasteiger partial charge in [-0.1, -0.05) is 12.1 Å². The highest BCUT2D eigenvalue weighted by molar-refractivity contribution is 7.71. The quantitative estimate of drug-likeness (QED) is 0.409. The molecule has 0 amide bonds. The highest BCUT2D eigenvalue weighted by atomic mass is 32.1. The average molecular weight is 413 g/mol. The zero-order valence-corrected chi connectivity index (χ0v) is 17.5. The molecular weight excluding hydrogens is 392 g/mol. The first-order valence-corrected chi connectivity index (χ1v) is 10.1. The van der Waals surface area contributed by atoms with E-state index in [1.807, 2.05) is 49.5 Å². The van der Waals surface area contributed by atoms with Gasteiger partial charge in [0, 0.05) is 5.56 Å². The van der Waals surface area contributed by atoms with Gasteiger partial charge >= 0.3 is 0 Å². The first-order chi connectivity index (χ1) is 13.5. The number of hydrogen-bond donors (Lipinski definition) is 0. The van der Waals surface area contributed by atoms with Crippen molar-refractivity contribution in [3.8, 4) is 17.2 Å². The Kier molecular flexibility index (Phi) is 5.25. The number of methoxy groups -OCH3 is 1. The van der Waals surface area contributed by atoms with Gasteiger partial charge in [-0.05, 0) is 62.6 Å². The Morgan fingerprint density at radius 3 is 2.68 bits per heavy atom. The molecule has 0 bridgehead atoms. The van der Waals surface area contributed by atoms with E-state index >= 15 is 0 Å². The number of aromatic nitrogens is 3. The van der Waals surface area contributed by atoms with E-state index in [0.29, 0.717) is 17.4 Å². The molecule has 6 nitrogen and oxygen atoms in total. The predicted octanol–water partition coefficient (Wildman–Crippen LogP) is 5.14. The van der Waals surface area contributed by atoms with Crippen LogP contribution < -0.4 is 4.74 Å². The monoisotopic (exact) mass is 412 g/mol. The first-order valence-electron chi connectivity index (χ1n) is 8.83. The lowest BCUT2D eigenvalue weighted by molar-refractivity contribution is 0.192. The SMILES string of the molecule is COc1ccc(-c2nn(CN(C)[C@@H](C)c3nc4ccccc4s3)c(=S)o2)cc1. The van der Waals surface area contributed by atoms with Crippen molar-refractivity contribution in [2.24, 2.45) is 0 Å². The molecule has 2 heterocycles. The summed E-state index contributed by atoms with van der Waals surface area (Å²) in [5, 5.41) is 5.60. The standard InChI is InChI=1S/C20H20N4O2S2/c1-13(19-21-16-6-4-5-7-17(16)28-19)23(2)12-24-20(27)26-18(22-24)14-8-10-15(25-3)11-9-14/h4-11,13H,12H2,1-3H3/t13-/m0/s1. The molecule has 4 rings (SSSR count). The Labute approximate surface area is 172 Å². The summed E-state index contributed by atoms with van der Waals surface area (Å²) < 4.78 is 13.8. The lowest BCUT2D eigenvalue weighted by Gasteiger charge is -2.22. The Morgan fingerprint density at radius 2 is 1.96 bits per heavy atom. The highest BCUT2D eigenvalue weighted by Crippen LogP contribution is 2.29. The van der Waals surface area contributed by atoms with Gasteiger partial charge in [0.25, 0.3) is 4.84 Å². The number of ether oxygens (including phenoxy) is 1. The lowest BCUT2D eigenvalue weighted by atomic mass is 10.2. The molecule has 0 saturated carbocycles. The van der Waals surface area contributed by atoms with Gasteiger partial charge in [-0.3, -0.25) is 4.90 Å². The first kappa shape index (κ1) is 18.8. The van der Waals surface area contributed by atoms with Crippen LogP contribution in [0.1, 0.15) is 18.0 Å². The molecule has 0 aliphatic heterocycles. The summed E-state index contributed by atoms with van der Waals surface area (Å²) in [6.07, 6.45) is 0. The third-order valence-electron chi connectivity index (χ3n) is 4.63. The molecule has 0 aliphatic carbocycles. The maximum Gasteiger partial charge on any atom is 0.288 e. The van der Waals surface area contributed by atoms with Crippen molar-refractivity contribution in [2.45, 2.75) is 19.6 Å². The van der Waals surface area contributed by atoms with Crippen molar-refractivity contribution in [3.05, 3.63) is 58.4 Å². The number of hydrogen-bond acceptors (Lipinski definition) is 7. The molecule has 0 saturated heterocycles. The number of para-hydroxylation sites is 1. The molecule has 1 atom stereocenters. The molecular formula is C20H20N4O2S2. The minimum absolute atomic E-state index is 0.125. The van der Waals surface area contributed by atoms with Crippen molar-refractivity contribution >= 4 is 33.8 Å². The van der Waals surface area contributed by atoms with Crippen LogP contribution in [-0.4, -0.2) is 33.8 Å². The van der Waals surface area contributed by atoms with Gasteiger partial charge in [0.1, 0.15) is 10.8 Å². The maximum atomic E-state index is 5.69. The van der Waals surface area contributed by atoms with Crippen LogP contribution in [0.4, 0.5) is 0 Å². The van der Waals surface area contributed by atoms with Crippen molar-refractivity contribution in [2.75, 3.05) is 14.2 Å². The zero-order chi connectivity index (χ0) is 19.7. The van der Waals surface area contributed by atoms with Gasteiger partial charge in [0.05, 0.1) is 30.0 Å². The average Bonchev–Trinajstić information content (AvgIpc) is 3.31. The smallest absolute Gasteiger partial charge is 0.288 e. The van der Waals surface area contributed by atoms with Gasteiger partial charge in [0.2, 0.25) is 5.89 Å². The maximum absolute atomic E-state index is 5.69. The highest BCUT2D eigenvalue weighted by Gasteiger charge is 2.18. The van der Waals surface area contributed by atoms with E-state index in [2.05, 4.69) is 23.0 Å². The van der Waals surface area contributed by atoms with Crippen LogP contribution in [0.2, 0.25) is 0 Å². The fourth-order valence-electron chi connectivity index (χ4n) is 2.84. The van der Waals surface area contributed by atoms with Gasteiger partial charge in [-0.15, -0.1) is 16.4 Å². The Balaban J connectivity index is 1.53. The topological polar surface area (TPSA) is 56.3 Å². The molecule has 0 radical (unpaired) electrons. The van der Waals surface area contributed by atoms with Crippen LogP contribution in [0.3, 0.4) is 0 Å². The number of rotatable bonds is 6. The van der Waals surface area contributed by atoms with Gasteiger partial charge in [-0.2, -0.15) is 0 Å². The van der Waals surface area contributed by atoms with E-state index in [9.17, 15) is 0 Å². The van der Waals surface area contributed by atoms with E-state index in [-0.39, 0.29) is 6.04 Å². The van der Waals surface area contributed by atoms with Crippen molar-refractivity contribution in [1.29, 1.82) is 0 Å². The van der Waals surface area contributed by atoms with Gasteiger partial charge < -0.3 is 9.15 Å². The summed E-state index contributed by atoms with van der Waals surface area (Å²) in [4.78, 5) is 7.24. The normalized spacial score (nSPS) is 12.6. The third kappa shape index (κ3) is 3.71. The molecule has 0 aliphatic rings. The summed E-state index contributed by atoms with van der Waals surface area (Å²) >= 11 is 7.08. The molecule has 28 heavy (non-hydrogen) atoms. The summed E-state index contributed by atoms with van der Waals surface area (Å²) in [5.41, 5.74) is 1.88. The lowest BCUT2D eigenvalue weighted by Crippen LogP contribution is -2.26. The van der Waals surface area contributed by atoms with Gasteiger partial charge in [-0.25, -0.2) is 9.67 Å². The summed E-state index contributed by atoms with van der Waals surface area (Å²) in [6.45, 7) is 2.64. The van der Waals surface area contributed by atoms with Crippen LogP contribution in [0.15, 0.2) is 52.9 Å². The van der Waals surface area contributed by atoms with E-state index in [1.165, 1.54) is 4.70 Å². The van der Waals surface area contributed by atoms with Crippen LogP contribution in [-0.2, 0) is 6.67 Å². The molecule has 144 valence electrons. The van der Waals surface area contributed by atoms with Crippen molar-refractivity contribution < 1.29 is 9.15 Å². The largest absolute Gasteiger partial charge is 0.497 e. The minimum atomic E-state index is 0.125. The van der Waals surface area contributed by atoms with E-state index in [0.717, 1.165) is 21.8 Å². The molecule has 4 aromatic rings. The molecule has 0 N–H and O–H groups in total. The Hall–Kier alpha value is -2.55. The zero-order valence-electron chi connectivity index (χ0n) is 15.8. The second-order valence-corrected chi connectivity index (χ2v) is 7.91. The number of thiazole rings is 1. The summed E-state index contributed by atoms with van der Waals surface area (Å²) in [5.74, 6) is 1.28. The third-order valence-corrected chi connectivity index (χ3v) is 6.13. The van der Waals surface area contributed by atoms with Crippen LogP contribution in [0.25, 0.3) is 21.7 Å². The second kappa shape index (κ2) is 7.83. The summed E-state index contributed by atoms with van der Waals surface area (Å²) in [7, 11) is 3.66. The molecule has 8 heteroatoms. The second-order valence-electron chi connectivity index (χ2n) is 6.50. The van der Waals surface area contributed by atoms with Crippen LogP contribution in [0, 0.1) is 4.84 Å². The molecule has 0 spiro atoms. The fourth-order valence-corrected chi connectivity index (χ4v) is 4.10. The molecule has 2 aromatic heterocycles. The number of fused-ring (bicyclic) bond motifs is 1. The van der Waals surface area contributed by atoms with Crippen LogP contribution >= 0.6 is 23.6 Å². The van der Waals surface area contributed by atoms with Crippen molar-refractivity contribution in [3.63, 3.8) is 0 Å². The fraction of sp³-hybridized carbons (Fsp3) is 0.250. The number of nitrogens with zero attached hydrogens (tertiary/aromatic N) is 4. The van der Waals surface area contributed by atoms with E-state index < -0.39 is 0 Å². The Morgan fingerprint density at radius 1 is 1.21 bits per heavy atom. The minimum Gasteiger partial charge on any atom is -0.497 e. The molecule has 2 aromatic carbocycles. The van der Waals surface area contributed by atoms with Crippen LogP contribution in [0.5, 0.6) is 5.75 Å². The number of benzene rings is 2. The van der Waals surface area contributed by atoms with Gasteiger partial charge in [0.15, 0.2) is 0 Å². The van der Waals surface area contributed by atoms with E-state index in [4.69, 9.17) is 26.4 Å². The van der Waals surface area contributed by atoms with Crippen molar-refractivity contribution in [1.82, 2.24) is 19.7 Å². The Bertz CT molecular complexity index is 1110. The van der Waals surface area contributed by atoms with E-state index in [1.54, 1.807) is 23.1 Å². The molecule has 0 unspecified atom stereocenters. The summed E-state index contributed by atoms with van der Waals surface area (Å²) in [6, 6.07) is 15.8.